The second-order valence-corrected chi connectivity index (χ2v) is 6.74. The number of hydrogen-bond donors (Lipinski definition) is 1. The fraction of sp³-hybridized carbons (Fsp3) is 0.625. The van der Waals surface area contributed by atoms with Crippen LogP contribution in [0.3, 0.4) is 0 Å². The fourth-order valence-electron chi connectivity index (χ4n) is 3.33. The zero-order valence-corrected chi connectivity index (χ0v) is 13.1. The maximum Gasteiger partial charge on any atom is 0.133 e. The normalized spacial score (nSPS) is 17.6. The van der Waals surface area contributed by atoms with E-state index >= 15 is 0 Å². The average molecular weight is 303 g/mol. The third kappa shape index (κ3) is 2.88. The highest BCUT2D eigenvalue weighted by Gasteiger charge is 2.26. The van der Waals surface area contributed by atoms with Crippen molar-refractivity contribution in [2.75, 3.05) is 30.3 Å². The van der Waals surface area contributed by atoms with Crippen LogP contribution in [0.1, 0.15) is 42.4 Å². The predicted octanol–water partition coefficient (Wildman–Crippen LogP) is 2.52. The standard InChI is InChI=1S/C16H21N3OS/c17-11-14-12-5-1-2-6-13(12)15(19-7-3-4-8-19)18-16(14)21-10-9-20/h20H,1-10H2. The van der Waals surface area contributed by atoms with Crippen LogP contribution in [0.5, 0.6) is 0 Å². The van der Waals surface area contributed by atoms with Crippen molar-refractivity contribution >= 4 is 17.6 Å². The highest BCUT2D eigenvalue weighted by Crippen LogP contribution is 2.36. The summed E-state index contributed by atoms with van der Waals surface area (Å²) in [5, 5.41) is 19.4. The van der Waals surface area contributed by atoms with Crippen LogP contribution in [0.4, 0.5) is 5.82 Å². The lowest BCUT2D eigenvalue weighted by molar-refractivity contribution is 0.322. The summed E-state index contributed by atoms with van der Waals surface area (Å²) in [6.07, 6.45) is 6.87. The number of nitrogens with zero attached hydrogens (tertiary/aromatic N) is 3. The van der Waals surface area contributed by atoms with Gasteiger partial charge in [0.1, 0.15) is 16.9 Å². The summed E-state index contributed by atoms with van der Waals surface area (Å²) < 4.78 is 0. The number of aliphatic hydroxyl groups is 1. The molecule has 0 atom stereocenters. The van der Waals surface area contributed by atoms with Crippen molar-refractivity contribution in [3.63, 3.8) is 0 Å². The molecule has 0 spiro atoms. The zero-order chi connectivity index (χ0) is 14.7. The first-order chi connectivity index (χ1) is 10.3. The first kappa shape index (κ1) is 14.7. The van der Waals surface area contributed by atoms with Crippen molar-refractivity contribution in [2.45, 2.75) is 43.6 Å². The van der Waals surface area contributed by atoms with E-state index in [4.69, 9.17) is 10.1 Å². The van der Waals surface area contributed by atoms with Crippen LogP contribution in [-0.4, -0.2) is 35.5 Å². The van der Waals surface area contributed by atoms with Gasteiger partial charge >= 0.3 is 0 Å². The number of hydrogen-bond acceptors (Lipinski definition) is 5. The van der Waals surface area contributed by atoms with Gasteiger partial charge in [0.2, 0.25) is 0 Å². The molecule has 1 N–H and O–H groups in total. The summed E-state index contributed by atoms with van der Waals surface area (Å²) in [5.41, 5.74) is 3.29. The van der Waals surface area contributed by atoms with Gasteiger partial charge in [0, 0.05) is 18.8 Å². The average Bonchev–Trinajstić information content (AvgIpc) is 3.06. The minimum atomic E-state index is 0.118. The number of pyridine rings is 1. The van der Waals surface area contributed by atoms with Crippen molar-refractivity contribution in [2.24, 2.45) is 0 Å². The van der Waals surface area contributed by atoms with Crippen LogP contribution in [0.2, 0.25) is 0 Å². The van der Waals surface area contributed by atoms with Crippen LogP contribution >= 0.6 is 11.8 Å². The van der Waals surface area contributed by atoms with Crippen LogP contribution < -0.4 is 4.90 Å². The summed E-state index contributed by atoms with van der Waals surface area (Å²) in [5.74, 6) is 1.71. The predicted molar refractivity (Wildman–Crippen MR) is 84.9 cm³/mol. The Balaban J connectivity index is 2.08. The Bertz CT molecular complexity index is 562. The summed E-state index contributed by atoms with van der Waals surface area (Å²) in [7, 11) is 0. The number of aliphatic hydroxyl groups excluding tert-OH is 1. The Morgan fingerprint density at radius 1 is 1.14 bits per heavy atom. The quantitative estimate of drug-likeness (QED) is 0.866. The summed E-state index contributed by atoms with van der Waals surface area (Å²) in [6.45, 7) is 2.28. The molecule has 1 aliphatic carbocycles. The Morgan fingerprint density at radius 2 is 1.86 bits per heavy atom. The molecule has 1 saturated heterocycles. The Kier molecular flexibility index (Phi) is 4.67. The molecular formula is C16H21N3OS. The van der Waals surface area contributed by atoms with Gasteiger partial charge in [-0.25, -0.2) is 4.98 Å². The zero-order valence-electron chi connectivity index (χ0n) is 12.3. The van der Waals surface area contributed by atoms with Gasteiger partial charge in [0.25, 0.3) is 0 Å². The van der Waals surface area contributed by atoms with Crippen LogP contribution in [0.15, 0.2) is 5.03 Å². The van der Waals surface area contributed by atoms with E-state index in [0.717, 1.165) is 48.8 Å². The molecule has 3 rings (SSSR count). The molecule has 2 heterocycles. The van der Waals surface area contributed by atoms with E-state index in [1.54, 1.807) is 0 Å². The number of nitriles is 1. The number of anilines is 1. The number of aromatic nitrogens is 1. The first-order valence-electron chi connectivity index (χ1n) is 7.79. The Labute approximate surface area is 130 Å². The van der Waals surface area contributed by atoms with Gasteiger partial charge in [-0.3, -0.25) is 0 Å². The molecule has 0 aromatic carbocycles. The lowest BCUT2D eigenvalue weighted by Crippen LogP contribution is -2.23. The molecule has 5 heteroatoms. The minimum absolute atomic E-state index is 0.118. The molecular weight excluding hydrogens is 282 g/mol. The third-order valence-corrected chi connectivity index (χ3v) is 5.26. The van der Waals surface area contributed by atoms with Crippen LogP contribution in [-0.2, 0) is 12.8 Å². The number of fused-ring (bicyclic) bond motifs is 1. The molecule has 1 aromatic heterocycles. The monoisotopic (exact) mass is 303 g/mol. The SMILES string of the molecule is N#Cc1c(SCCO)nc(N2CCCC2)c2c1CCCC2. The second kappa shape index (κ2) is 6.67. The van der Waals surface area contributed by atoms with E-state index in [9.17, 15) is 5.26 Å². The summed E-state index contributed by atoms with van der Waals surface area (Å²) >= 11 is 1.51. The van der Waals surface area contributed by atoms with Gasteiger partial charge in [0.05, 0.1) is 12.2 Å². The van der Waals surface area contributed by atoms with Crippen LogP contribution in [0, 0.1) is 11.3 Å². The van der Waals surface area contributed by atoms with Gasteiger partial charge < -0.3 is 10.0 Å². The molecule has 0 radical (unpaired) electrons. The highest BCUT2D eigenvalue weighted by molar-refractivity contribution is 7.99. The third-order valence-electron chi connectivity index (χ3n) is 4.31. The van der Waals surface area contributed by atoms with E-state index in [0.29, 0.717) is 5.75 Å². The van der Waals surface area contributed by atoms with Gasteiger partial charge in [0.15, 0.2) is 0 Å². The highest BCUT2D eigenvalue weighted by atomic mass is 32.2. The van der Waals surface area contributed by atoms with E-state index in [1.165, 1.54) is 42.2 Å². The molecule has 2 aliphatic rings. The van der Waals surface area contributed by atoms with E-state index < -0.39 is 0 Å². The van der Waals surface area contributed by atoms with Crippen LogP contribution in [0.25, 0.3) is 0 Å². The molecule has 21 heavy (non-hydrogen) atoms. The van der Waals surface area contributed by atoms with Crippen molar-refractivity contribution in [3.05, 3.63) is 16.7 Å². The molecule has 0 unspecified atom stereocenters. The largest absolute Gasteiger partial charge is 0.396 e. The smallest absolute Gasteiger partial charge is 0.133 e. The van der Waals surface area contributed by atoms with Crippen molar-refractivity contribution in [1.29, 1.82) is 5.26 Å². The van der Waals surface area contributed by atoms with Gasteiger partial charge in [-0.05, 0) is 49.7 Å². The second-order valence-electron chi connectivity index (χ2n) is 5.66. The lowest BCUT2D eigenvalue weighted by atomic mass is 9.89. The molecule has 112 valence electrons. The van der Waals surface area contributed by atoms with E-state index in [1.807, 2.05) is 0 Å². The van der Waals surface area contributed by atoms with Gasteiger partial charge in [-0.15, -0.1) is 11.8 Å². The van der Waals surface area contributed by atoms with E-state index in [2.05, 4.69) is 11.0 Å². The maximum atomic E-state index is 9.55. The first-order valence-corrected chi connectivity index (χ1v) is 8.78. The molecule has 1 aliphatic heterocycles. The fourth-order valence-corrected chi connectivity index (χ4v) is 4.08. The number of thioether (sulfide) groups is 1. The number of rotatable bonds is 4. The topological polar surface area (TPSA) is 60.1 Å². The van der Waals surface area contributed by atoms with Gasteiger partial charge in [-0.1, -0.05) is 0 Å². The molecule has 4 nitrogen and oxygen atoms in total. The minimum Gasteiger partial charge on any atom is -0.396 e. The van der Waals surface area contributed by atoms with Crippen molar-refractivity contribution in [3.8, 4) is 6.07 Å². The molecule has 1 aromatic rings. The molecule has 0 bridgehead atoms. The van der Waals surface area contributed by atoms with E-state index in [-0.39, 0.29) is 6.61 Å². The summed E-state index contributed by atoms with van der Waals surface area (Å²) in [6, 6.07) is 2.37. The van der Waals surface area contributed by atoms with Crippen molar-refractivity contribution < 1.29 is 5.11 Å². The molecule has 0 amide bonds. The lowest BCUT2D eigenvalue weighted by Gasteiger charge is -2.27. The maximum absolute atomic E-state index is 9.55. The summed E-state index contributed by atoms with van der Waals surface area (Å²) in [4.78, 5) is 7.21. The van der Waals surface area contributed by atoms with Gasteiger partial charge in [-0.2, -0.15) is 5.26 Å². The molecule has 1 fully saturated rings. The Hall–Kier alpha value is -1.25. The Morgan fingerprint density at radius 3 is 2.52 bits per heavy atom. The molecule has 0 saturated carbocycles. The van der Waals surface area contributed by atoms with Crippen molar-refractivity contribution in [1.82, 2.24) is 4.98 Å².